The topological polar surface area (TPSA) is 66.9 Å². The molecule has 0 fully saturated rings. The summed E-state index contributed by atoms with van der Waals surface area (Å²) in [6, 6.07) is 1.83. The summed E-state index contributed by atoms with van der Waals surface area (Å²) in [6.07, 6.45) is 0. The van der Waals surface area contributed by atoms with Gasteiger partial charge in [-0.05, 0) is 28.9 Å². The molecule has 1 heterocycles. The van der Waals surface area contributed by atoms with E-state index in [2.05, 4.69) is 36.8 Å². The van der Waals surface area contributed by atoms with Crippen molar-refractivity contribution in [1.29, 1.82) is 0 Å². The number of hydrogen-bond donors (Lipinski definition) is 2. The predicted molar refractivity (Wildman–Crippen MR) is 76.1 cm³/mol. The number of carbonyl (C=O) groups is 1. The summed E-state index contributed by atoms with van der Waals surface area (Å²) in [5.74, 6) is -2.22. The van der Waals surface area contributed by atoms with E-state index in [1.54, 1.807) is 0 Å². The molecule has 0 aliphatic carbocycles. The van der Waals surface area contributed by atoms with E-state index in [1.165, 1.54) is 0 Å². The van der Waals surface area contributed by atoms with Crippen LogP contribution in [-0.2, 0) is 0 Å². The number of halogens is 3. The van der Waals surface area contributed by atoms with Crippen LogP contribution in [-0.4, -0.2) is 22.6 Å². The highest BCUT2D eigenvalue weighted by atomic mass is 79.9. The number of nitrogens with zero attached hydrogens (tertiary/aromatic N) is 2. The van der Waals surface area contributed by atoms with Crippen LogP contribution >= 0.6 is 27.3 Å². The van der Waals surface area contributed by atoms with Crippen LogP contribution in [0.1, 0.15) is 16.7 Å². The fourth-order valence-electron chi connectivity index (χ4n) is 1.33. The molecule has 0 atom stereocenters. The van der Waals surface area contributed by atoms with Gasteiger partial charge in [0.1, 0.15) is 11.6 Å². The maximum Gasteiger partial charge on any atom is 0.286 e. The summed E-state index contributed by atoms with van der Waals surface area (Å²) in [6.45, 7) is 2.53. The van der Waals surface area contributed by atoms with E-state index in [-0.39, 0.29) is 15.2 Å². The van der Waals surface area contributed by atoms with Crippen molar-refractivity contribution in [2.45, 2.75) is 6.92 Å². The maximum absolute atomic E-state index is 13.5. The largest absolute Gasteiger partial charge is 0.360 e. The average Bonchev–Trinajstić information content (AvgIpc) is 2.85. The Bertz CT molecular complexity index is 649. The predicted octanol–water partition coefficient (Wildman–Crippen LogP) is 3.26. The zero-order valence-electron chi connectivity index (χ0n) is 10.2. The second kappa shape index (κ2) is 6.23. The molecule has 0 radical (unpaired) electrons. The van der Waals surface area contributed by atoms with Crippen molar-refractivity contribution in [2.75, 3.05) is 17.2 Å². The van der Waals surface area contributed by atoms with Crippen LogP contribution in [0.5, 0.6) is 0 Å². The van der Waals surface area contributed by atoms with E-state index in [9.17, 15) is 13.6 Å². The van der Waals surface area contributed by atoms with E-state index in [4.69, 9.17) is 0 Å². The van der Waals surface area contributed by atoms with Gasteiger partial charge in [0.2, 0.25) is 10.1 Å². The Hall–Kier alpha value is -1.61. The molecule has 0 unspecified atom stereocenters. The summed E-state index contributed by atoms with van der Waals surface area (Å²) < 4.78 is 26.6. The molecule has 0 saturated carbocycles. The van der Waals surface area contributed by atoms with Gasteiger partial charge in [0.25, 0.3) is 5.91 Å². The third kappa shape index (κ3) is 3.28. The molecule has 106 valence electrons. The smallest absolute Gasteiger partial charge is 0.286 e. The number of benzene rings is 1. The lowest BCUT2D eigenvalue weighted by molar-refractivity contribution is 0.102. The number of anilines is 2. The average molecular weight is 363 g/mol. The van der Waals surface area contributed by atoms with Crippen LogP contribution in [0, 0.1) is 11.6 Å². The minimum Gasteiger partial charge on any atom is -0.360 e. The van der Waals surface area contributed by atoms with E-state index in [0.717, 1.165) is 17.4 Å². The molecular weight excluding hydrogens is 354 g/mol. The van der Waals surface area contributed by atoms with Crippen LogP contribution in [0.2, 0.25) is 0 Å². The first-order valence-electron chi connectivity index (χ1n) is 5.54. The lowest BCUT2D eigenvalue weighted by Gasteiger charge is -2.05. The van der Waals surface area contributed by atoms with E-state index in [0.29, 0.717) is 17.7 Å². The van der Waals surface area contributed by atoms with Gasteiger partial charge in [0.15, 0.2) is 0 Å². The van der Waals surface area contributed by atoms with E-state index in [1.807, 2.05) is 6.92 Å². The normalized spacial score (nSPS) is 10.4. The number of carbonyl (C=O) groups excluding carboxylic acids is 1. The van der Waals surface area contributed by atoms with Crippen LogP contribution in [0.4, 0.5) is 19.6 Å². The van der Waals surface area contributed by atoms with Gasteiger partial charge in [-0.2, -0.15) is 0 Å². The maximum atomic E-state index is 13.5. The zero-order valence-corrected chi connectivity index (χ0v) is 12.6. The van der Waals surface area contributed by atoms with E-state index < -0.39 is 17.5 Å². The highest BCUT2D eigenvalue weighted by Crippen LogP contribution is 2.24. The molecule has 1 aromatic heterocycles. The lowest BCUT2D eigenvalue weighted by atomic mass is 10.3. The van der Waals surface area contributed by atoms with Gasteiger partial charge in [-0.15, -0.1) is 10.2 Å². The minimum absolute atomic E-state index is 0.0554. The summed E-state index contributed by atoms with van der Waals surface area (Å²) in [5, 5.41) is 13.3. The second-order valence-electron chi connectivity index (χ2n) is 3.64. The molecular formula is C11H9BrF2N4OS. The molecule has 0 aliphatic rings. The molecule has 0 spiro atoms. The van der Waals surface area contributed by atoms with Crippen LogP contribution in [0.25, 0.3) is 0 Å². The van der Waals surface area contributed by atoms with Crippen molar-refractivity contribution >= 4 is 44.0 Å². The zero-order chi connectivity index (χ0) is 14.7. The number of nitrogens with one attached hydrogen (secondary N) is 2. The van der Waals surface area contributed by atoms with Crippen molar-refractivity contribution in [3.63, 3.8) is 0 Å². The Labute approximate surface area is 125 Å². The van der Waals surface area contributed by atoms with Gasteiger partial charge in [0.05, 0.1) is 10.2 Å². The summed E-state index contributed by atoms with van der Waals surface area (Å²) in [4.78, 5) is 11.9. The molecule has 2 rings (SSSR count). The monoisotopic (exact) mass is 362 g/mol. The summed E-state index contributed by atoms with van der Waals surface area (Å²) in [7, 11) is 0. The summed E-state index contributed by atoms with van der Waals surface area (Å²) in [5.41, 5.74) is -0.136. The van der Waals surface area contributed by atoms with Gasteiger partial charge in [-0.3, -0.25) is 4.79 Å². The van der Waals surface area contributed by atoms with Gasteiger partial charge >= 0.3 is 0 Å². The fraction of sp³-hybridized carbons (Fsp3) is 0.182. The molecule has 20 heavy (non-hydrogen) atoms. The molecule has 1 amide bonds. The van der Waals surface area contributed by atoms with Crippen molar-refractivity contribution in [2.24, 2.45) is 0 Å². The number of hydrogen-bond acceptors (Lipinski definition) is 5. The molecule has 0 aliphatic heterocycles. The van der Waals surface area contributed by atoms with Crippen LogP contribution in [0.3, 0.4) is 0 Å². The standard InChI is InChI=1S/C11H9BrF2N4OS/c1-2-15-11-18-17-10(20-11)9(19)16-8-3-5(12)6(13)4-7(8)14/h3-4H,2H2,1H3,(H,15,18)(H,16,19). The van der Waals surface area contributed by atoms with Crippen molar-refractivity contribution in [3.8, 4) is 0 Å². The first-order chi connectivity index (χ1) is 9.51. The molecule has 0 bridgehead atoms. The quantitative estimate of drug-likeness (QED) is 0.819. The Morgan fingerprint density at radius 3 is 2.80 bits per heavy atom. The van der Waals surface area contributed by atoms with Crippen LogP contribution < -0.4 is 10.6 Å². The minimum atomic E-state index is -0.865. The Kier molecular flexibility index (Phi) is 4.61. The highest BCUT2D eigenvalue weighted by molar-refractivity contribution is 9.10. The van der Waals surface area contributed by atoms with Gasteiger partial charge < -0.3 is 10.6 Å². The summed E-state index contributed by atoms with van der Waals surface area (Å²) >= 11 is 3.97. The molecule has 1 aromatic carbocycles. The number of amides is 1. The third-order valence-electron chi connectivity index (χ3n) is 2.21. The Morgan fingerprint density at radius 2 is 2.10 bits per heavy atom. The molecule has 0 saturated heterocycles. The third-order valence-corrected chi connectivity index (χ3v) is 3.69. The number of rotatable bonds is 4. The van der Waals surface area contributed by atoms with Crippen molar-refractivity contribution < 1.29 is 13.6 Å². The number of aromatic nitrogens is 2. The molecule has 2 N–H and O–H groups in total. The molecule has 5 nitrogen and oxygen atoms in total. The van der Waals surface area contributed by atoms with Gasteiger partial charge in [-0.1, -0.05) is 11.3 Å². The van der Waals surface area contributed by atoms with Gasteiger partial charge in [-0.25, -0.2) is 8.78 Å². The first kappa shape index (κ1) is 14.8. The lowest BCUT2D eigenvalue weighted by Crippen LogP contribution is -2.13. The van der Waals surface area contributed by atoms with Gasteiger partial charge in [0, 0.05) is 12.6 Å². The van der Waals surface area contributed by atoms with Crippen molar-refractivity contribution in [3.05, 3.63) is 33.2 Å². The highest BCUT2D eigenvalue weighted by Gasteiger charge is 2.16. The molecule has 9 heteroatoms. The SMILES string of the molecule is CCNc1nnc(C(=O)Nc2cc(Br)c(F)cc2F)s1. The second-order valence-corrected chi connectivity index (χ2v) is 5.47. The first-order valence-corrected chi connectivity index (χ1v) is 7.15. The fourth-order valence-corrected chi connectivity index (χ4v) is 2.38. The van der Waals surface area contributed by atoms with Crippen molar-refractivity contribution in [1.82, 2.24) is 10.2 Å². The Morgan fingerprint density at radius 1 is 1.35 bits per heavy atom. The Balaban J connectivity index is 2.16. The van der Waals surface area contributed by atoms with Crippen LogP contribution in [0.15, 0.2) is 16.6 Å². The molecule has 2 aromatic rings. The van der Waals surface area contributed by atoms with E-state index >= 15 is 0 Å².